The summed E-state index contributed by atoms with van der Waals surface area (Å²) in [6.07, 6.45) is 5.34. The normalized spacial score (nSPS) is 19.2. The van der Waals surface area contributed by atoms with Gasteiger partial charge in [0, 0.05) is 16.0 Å². The number of rotatable bonds is 5. The van der Waals surface area contributed by atoms with E-state index in [1.54, 1.807) is 6.92 Å². The van der Waals surface area contributed by atoms with Crippen molar-refractivity contribution in [3.05, 3.63) is 35.9 Å². The van der Waals surface area contributed by atoms with Crippen LogP contribution in [0, 0.1) is 0 Å². The van der Waals surface area contributed by atoms with Crippen LogP contribution in [0.15, 0.2) is 30.3 Å². The second-order valence-electron chi connectivity index (χ2n) is 5.13. The minimum atomic E-state index is -1.20. The average Bonchev–Trinajstić information content (AvgIpc) is 2.50. The average molecular weight is 294 g/mol. The highest BCUT2D eigenvalue weighted by molar-refractivity contribution is 7.86. The molecule has 0 saturated heterocycles. The van der Waals surface area contributed by atoms with Crippen LogP contribution in [0.5, 0.6) is 0 Å². The van der Waals surface area contributed by atoms with E-state index in [0.29, 0.717) is 6.61 Å². The maximum atomic E-state index is 12.8. The van der Waals surface area contributed by atoms with Crippen molar-refractivity contribution in [1.29, 1.82) is 0 Å². The van der Waals surface area contributed by atoms with Crippen LogP contribution in [0.2, 0.25) is 0 Å². The lowest BCUT2D eigenvalue weighted by Crippen LogP contribution is -2.29. The van der Waals surface area contributed by atoms with Crippen LogP contribution in [0.4, 0.5) is 0 Å². The van der Waals surface area contributed by atoms with E-state index >= 15 is 0 Å². The van der Waals surface area contributed by atoms with Gasteiger partial charge in [0.25, 0.3) is 0 Å². The summed E-state index contributed by atoms with van der Waals surface area (Å²) in [7, 11) is -1.20. The number of hydrogen-bond acceptors (Lipinski definition) is 3. The quantitative estimate of drug-likeness (QED) is 0.782. The van der Waals surface area contributed by atoms with Gasteiger partial charge in [-0.05, 0) is 25.3 Å². The Hall–Kier alpha value is -1.16. The summed E-state index contributed by atoms with van der Waals surface area (Å²) in [4.78, 5) is 12.2. The zero-order valence-electron chi connectivity index (χ0n) is 11.9. The maximum Gasteiger partial charge on any atom is 0.326 e. The molecule has 2 unspecified atom stereocenters. The molecule has 1 fully saturated rings. The third-order valence-corrected chi connectivity index (χ3v) is 5.77. The molecule has 1 aliphatic rings. The smallest absolute Gasteiger partial charge is 0.326 e. The van der Waals surface area contributed by atoms with Gasteiger partial charge >= 0.3 is 5.97 Å². The molecule has 0 spiro atoms. The van der Waals surface area contributed by atoms with E-state index in [0.717, 1.165) is 31.2 Å². The fraction of sp³-hybridized carbons (Fsp3) is 0.562. The lowest BCUT2D eigenvalue weighted by molar-refractivity contribution is -0.142. The van der Waals surface area contributed by atoms with Crippen LogP contribution >= 0.6 is 0 Å². The predicted octanol–water partition coefficient (Wildman–Crippen LogP) is 3.37. The molecule has 0 radical (unpaired) electrons. The summed E-state index contributed by atoms with van der Waals surface area (Å²) < 4.78 is 18.0. The van der Waals surface area contributed by atoms with E-state index in [9.17, 15) is 9.00 Å². The van der Waals surface area contributed by atoms with Crippen molar-refractivity contribution in [2.24, 2.45) is 0 Å². The van der Waals surface area contributed by atoms with Crippen molar-refractivity contribution in [2.45, 2.75) is 49.5 Å². The number of hydrogen-bond donors (Lipinski definition) is 0. The SMILES string of the molecule is CCOC(=O)C(c1ccccc1)S(=O)C1CCCCC1. The Balaban J connectivity index is 2.21. The molecular weight excluding hydrogens is 272 g/mol. The van der Waals surface area contributed by atoms with Crippen LogP contribution in [-0.4, -0.2) is 22.0 Å². The van der Waals surface area contributed by atoms with Crippen molar-refractivity contribution in [2.75, 3.05) is 6.61 Å². The summed E-state index contributed by atoms with van der Waals surface area (Å²) in [5.74, 6) is -0.359. The number of ether oxygens (including phenoxy) is 1. The maximum absolute atomic E-state index is 12.8. The molecule has 20 heavy (non-hydrogen) atoms. The monoisotopic (exact) mass is 294 g/mol. The molecule has 0 N–H and O–H groups in total. The van der Waals surface area contributed by atoms with Crippen LogP contribution in [0.25, 0.3) is 0 Å². The Morgan fingerprint density at radius 3 is 2.50 bits per heavy atom. The number of benzene rings is 1. The van der Waals surface area contributed by atoms with Crippen molar-refractivity contribution in [3.8, 4) is 0 Å². The third-order valence-electron chi connectivity index (χ3n) is 3.72. The van der Waals surface area contributed by atoms with Crippen molar-refractivity contribution < 1.29 is 13.7 Å². The number of esters is 1. The molecule has 1 aromatic rings. The van der Waals surface area contributed by atoms with E-state index in [4.69, 9.17) is 4.74 Å². The highest BCUT2D eigenvalue weighted by atomic mass is 32.2. The van der Waals surface area contributed by atoms with Crippen LogP contribution < -0.4 is 0 Å². The first-order valence-corrected chi connectivity index (χ1v) is 8.62. The van der Waals surface area contributed by atoms with Gasteiger partial charge in [-0.1, -0.05) is 49.6 Å². The lowest BCUT2D eigenvalue weighted by Gasteiger charge is -2.25. The summed E-state index contributed by atoms with van der Waals surface area (Å²) in [6, 6.07) is 9.37. The Bertz CT molecular complexity index is 452. The van der Waals surface area contributed by atoms with Gasteiger partial charge in [0.05, 0.1) is 6.61 Å². The molecule has 0 aromatic heterocycles. The Morgan fingerprint density at radius 1 is 1.25 bits per heavy atom. The van der Waals surface area contributed by atoms with E-state index in [2.05, 4.69) is 0 Å². The summed E-state index contributed by atoms with van der Waals surface area (Å²) in [6.45, 7) is 2.10. The van der Waals surface area contributed by atoms with Gasteiger partial charge in [-0.25, -0.2) is 0 Å². The van der Waals surface area contributed by atoms with Crippen molar-refractivity contribution in [3.63, 3.8) is 0 Å². The number of carbonyl (C=O) groups is 1. The highest BCUT2D eigenvalue weighted by Crippen LogP contribution is 2.31. The minimum Gasteiger partial charge on any atom is -0.465 e. The van der Waals surface area contributed by atoms with Crippen molar-refractivity contribution >= 4 is 16.8 Å². The molecule has 1 aliphatic carbocycles. The second-order valence-corrected chi connectivity index (χ2v) is 6.93. The molecular formula is C16H22O3S. The molecule has 0 aliphatic heterocycles. The molecule has 0 amide bonds. The topological polar surface area (TPSA) is 43.4 Å². The molecule has 1 aromatic carbocycles. The fourth-order valence-corrected chi connectivity index (χ4v) is 4.57. The zero-order valence-corrected chi connectivity index (χ0v) is 12.7. The fourth-order valence-electron chi connectivity index (χ4n) is 2.70. The van der Waals surface area contributed by atoms with Crippen LogP contribution in [0.3, 0.4) is 0 Å². The Kier molecular flexibility index (Phi) is 5.77. The summed E-state index contributed by atoms with van der Waals surface area (Å²) in [5, 5.41) is -0.516. The van der Waals surface area contributed by atoms with Gasteiger partial charge in [-0.2, -0.15) is 0 Å². The molecule has 3 nitrogen and oxygen atoms in total. The molecule has 2 rings (SSSR count). The molecule has 110 valence electrons. The molecule has 0 heterocycles. The van der Waals surface area contributed by atoms with E-state index in [1.807, 2.05) is 30.3 Å². The number of carbonyl (C=O) groups excluding carboxylic acids is 1. The standard InChI is InChI=1S/C16H22O3S/c1-2-19-16(17)15(13-9-5-3-6-10-13)20(18)14-11-7-4-8-12-14/h3,5-6,9-10,14-15H,2,4,7-8,11-12H2,1H3. The van der Waals surface area contributed by atoms with Gasteiger partial charge in [-0.15, -0.1) is 0 Å². The van der Waals surface area contributed by atoms with E-state index < -0.39 is 16.0 Å². The first kappa shape index (κ1) is 15.2. The van der Waals surface area contributed by atoms with Crippen LogP contribution in [0.1, 0.15) is 49.8 Å². The van der Waals surface area contributed by atoms with Crippen LogP contribution in [-0.2, 0) is 20.3 Å². The summed E-state index contributed by atoms with van der Waals surface area (Å²) in [5.41, 5.74) is 0.801. The largest absolute Gasteiger partial charge is 0.465 e. The third kappa shape index (κ3) is 3.69. The van der Waals surface area contributed by atoms with Gasteiger partial charge in [0.2, 0.25) is 0 Å². The highest BCUT2D eigenvalue weighted by Gasteiger charge is 2.33. The Labute approximate surface area is 123 Å². The van der Waals surface area contributed by atoms with E-state index in [-0.39, 0.29) is 11.2 Å². The molecule has 2 atom stereocenters. The first-order chi connectivity index (χ1) is 9.74. The van der Waals surface area contributed by atoms with Crippen molar-refractivity contribution in [1.82, 2.24) is 0 Å². The molecule has 0 bridgehead atoms. The van der Waals surface area contributed by atoms with Gasteiger partial charge in [0.15, 0.2) is 5.25 Å². The molecule has 4 heteroatoms. The molecule has 1 saturated carbocycles. The Morgan fingerprint density at radius 2 is 1.90 bits per heavy atom. The van der Waals surface area contributed by atoms with E-state index in [1.165, 1.54) is 6.42 Å². The zero-order chi connectivity index (χ0) is 14.4. The summed E-state index contributed by atoms with van der Waals surface area (Å²) >= 11 is 0. The second kappa shape index (κ2) is 7.58. The minimum absolute atomic E-state index is 0.123. The first-order valence-electron chi connectivity index (χ1n) is 7.35. The van der Waals surface area contributed by atoms with Gasteiger partial charge in [0.1, 0.15) is 0 Å². The lowest BCUT2D eigenvalue weighted by atomic mass is 10.0. The van der Waals surface area contributed by atoms with Gasteiger partial charge < -0.3 is 4.74 Å². The van der Waals surface area contributed by atoms with Gasteiger partial charge in [-0.3, -0.25) is 9.00 Å². The predicted molar refractivity (Wildman–Crippen MR) is 80.8 cm³/mol.